The average molecular weight is 390 g/mol. The van der Waals surface area contributed by atoms with E-state index >= 15 is 0 Å². The van der Waals surface area contributed by atoms with Crippen LogP contribution in [0.5, 0.6) is 0 Å². The maximum absolute atomic E-state index is 12.6. The fraction of sp³-hybridized carbons (Fsp3) is 0.0625. The number of hydrogen-bond donors (Lipinski definition) is 1. The predicted molar refractivity (Wildman–Crippen MR) is 95.4 cm³/mol. The Bertz CT molecular complexity index is 1190. The van der Waals surface area contributed by atoms with Crippen LogP contribution in [0.15, 0.2) is 64.3 Å². The van der Waals surface area contributed by atoms with E-state index < -0.39 is 10.0 Å². The van der Waals surface area contributed by atoms with Crippen LogP contribution in [0.3, 0.4) is 0 Å². The summed E-state index contributed by atoms with van der Waals surface area (Å²) in [6.07, 6.45) is 1.67. The molecule has 0 unspecified atom stereocenters. The summed E-state index contributed by atoms with van der Waals surface area (Å²) in [6, 6.07) is 13.6. The molecule has 4 aromatic rings. The van der Waals surface area contributed by atoms with Crippen LogP contribution < -0.4 is 4.72 Å². The van der Waals surface area contributed by atoms with Gasteiger partial charge >= 0.3 is 0 Å². The number of rotatable bonds is 5. The molecule has 0 radical (unpaired) electrons. The molecule has 26 heavy (non-hydrogen) atoms. The van der Waals surface area contributed by atoms with E-state index in [2.05, 4.69) is 24.8 Å². The van der Waals surface area contributed by atoms with E-state index in [1.165, 1.54) is 6.07 Å². The minimum absolute atomic E-state index is 0.0306. The fourth-order valence-corrected chi connectivity index (χ4v) is 3.84. The van der Waals surface area contributed by atoms with Crippen molar-refractivity contribution in [2.45, 2.75) is 11.4 Å². The minimum atomic E-state index is -3.89. The lowest BCUT2D eigenvalue weighted by molar-refractivity contribution is 0.315. The van der Waals surface area contributed by atoms with Gasteiger partial charge in [0.05, 0.1) is 6.54 Å². The lowest BCUT2D eigenvalue weighted by atomic mass is 10.2. The van der Waals surface area contributed by atoms with Crippen molar-refractivity contribution in [3.63, 3.8) is 0 Å². The average Bonchev–Trinajstić information content (AvgIpc) is 3.25. The van der Waals surface area contributed by atoms with Crippen LogP contribution >= 0.6 is 11.6 Å². The van der Waals surface area contributed by atoms with Gasteiger partial charge in [-0.25, -0.2) is 13.0 Å². The van der Waals surface area contributed by atoms with Gasteiger partial charge < -0.3 is 0 Å². The van der Waals surface area contributed by atoms with Gasteiger partial charge in [-0.2, -0.15) is 5.10 Å². The zero-order valence-corrected chi connectivity index (χ0v) is 14.8. The highest BCUT2D eigenvalue weighted by Gasteiger charge is 2.21. The first-order valence-corrected chi connectivity index (χ1v) is 9.40. The molecule has 0 atom stereocenters. The summed E-state index contributed by atoms with van der Waals surface area (Å²) in [5.41, 5.74) is 1.40. The highest BCUT2D eigenvalue weighted by molar-refractivity contribution is 7.93. The van der Waals surface area contributed by atoms with Gasteiger partial charge in [-0.05, 0) is 34.1 Å². The molecule has 0 amide bonds. The Kier molecular flexibility index (Phi) is 4.09. The van der Waals surface area contributed by atoms with Gasteiger partial charge in [0.2, 0.25) is 0 Å². The lowest BCUT2D eigenvalue weighted by Crippen LogP contribution is -2.14. The fourth-order valence-electron chi connectivity index (χ4n) is 2.50. The number of hydrogen-bond acceptors (Lipinski definition) is 6. The lowest BCUT2D eigenvalue weighted by Gasteiger charge is -2.06. The van der Waals surface area contributed by atoms with Crippen molar-refractivity contribution in [2.24, 2.45) is 0 Å². The summed E-state index contributed by atoms with van der Waals surface area (Å²) < 4.78 is 33.9. The Hall–Kier alpha value is -2.91. The van der Waals surface area contributed by atoms with E-state index in [-0.39, 0.29) is 16.2 Å². The molecule has 0 aliphatic heterocycles. The summed E-state index contributed by atoms with van der Waals surface area (Å²) in [4.78, 5) is -0.0306. The zero-order chi connectivity index (χ0) is 18.1. The van der Waals surface area contributed by atoms with Gasteiger partial charge in [-0.3, -0.25) is 9.40 Å². The van der Waals surface area contributed by atoms with Crippen molar-refractivity contribution in [3.8, 4) is 0 Å². The third-order valence-corrected chi connectivity index (χ3v) is 5.46. The Balaban J connectivity index is 1.59. The number of sulfonamides is 1. The SMILES string of the molecule is O=S(=O)(Nc1ccn(Cc2ccccc2Cl)n1)c1cccc2nonc12. The highest BCUT2D eigenvalue weighted by Crippen LogP contribution is 2.22. The molecular weight excluding hydrogens is 378 g/mol. The van der Waals surface area contributed by atoms with E-state index in [1.807, 2.05) is 18.2 Å². The number of fused-ring (bicyclic) bond motifs is 1. The molecule has 2 aromatic heterocycles. The topological polar surface area (TPSA) is 103 Å². The molecule has 0 fully saturated rings. The predicted octanol–water partition coefficient (Wildman–Crippen LogP) is 2.92. The first-order chi connectivity index (χ1) is 12.5. The maximum atomic E-state index is 12.6. The van der Waals surface area contributed by atoms with E-state index in [0.717, 1.165) is 5.56 Å². The number of halogens is 1. The summed E-state index contributed by atoms with van der Waals surface area (Å²) in [6.45, 7) is 0.421. The standard InChI is InChI=1S/C16H12ClN5O3S/c17-12-5-2-1-4-11(12)10-22-9-8-15(18-22)21-26(23,24)14-7-3-6-13-16(14)20-25-19-13/h1-9H,10H2,(H,18,21). The van der Waals surface area contributed by atoms with E-state index in [4.69, 9.17) is 11.6 Å². The van der Waals surface area contributed by atoms with Crippen molar-refractivity contribution in [2.75, 3.05) is 4.72 Å². The van der Waals surface area contributed by atoms with Crippen molar-refractivity contribution in [1.29, 1.82) is 0 Å². The molecule has 0 aliphatic rings. The summed E-state index contributed by atoms with van der Waals surface area (Å²) in [5.74, 6) is 0.186. The van der Waals surface area contributed by atoms with Gasteiger partial charge in [0, 0.05) is 17.3 Å². The van der Waals surface area contributed by atoms with Crippen LogP contribution in [-0.4, -0.2) is 28.5 Å². The van der Waals surface area contributed by atoms with Crippen molar-refractivity contribution >= 4 is 38.5 Å². The summed E-state index contributed by atoms with van der Waals surface area (Å²) >= 11 is 6.14. The molecule has 10 heteroatoms. The molecule has 1 N–H and O–H groups in total. The summed E-state index contributed by atoms with van der Waals surface area (Å²) in [5, 5.41) is 12.2. The van der Waals surface area contributed by atoms with Crippen LogP contribution in [0.1, 0.15) is 5.56 Å². The maximum Gasteiger partial charge on any atom is 0.265 e. The van der Waals surface area contributed by atoms with Gasteiger partial charge in [0.1, 0.15) is 10.4 Å². The van der Waals surface area contributed by atoms with Crippen molar-refractivity contribution < 1.29 is 13.0 Å². The Morgan fingerprint density at radius 1 is 1.08 bits per heavy atom. The molecule has 132 valence electrons. The molecule has 8 nitrogen and oxygen atoms in total. The molecule has 0 spiro atoms. The normalized spacial score (nSPS) is 11.7. The number of nitrogens with one attached hydrogen (secondary N) is 1. The second-order valence-electron chi connectivity index (χ2n) is 5.48. The largest absolute Gasteiger partial charge is 0.266 e. The number of anilines is 1. The Morgan fingerprint density at radius 2 is 1.92 bits per heavy atom. The van der Waals surface area contributed by atoms with E-state index in [0.29, 0.717) is 17.1 Å². The first-order valence-electron chi connectivity index (χ1n) is 7.54. The molecule has 0 bridgehead atoms. The number of nitrogens with zero attached hydrogens (tertiary/aromatic N) is 4. The van der Waals surface area contributed by atoms with Crippen molar-refractivity contribution in [3.05, 3.63) is 65.3 Å². The van der Waals surface area contributed by atoms with Gasteiger partial charge in [0.25, 0.3) is 10.0 Å². The molecule has 0 aliphatic carbocycles. The quantitative estimate of drug-likeness (QED) is 0.563. The smallest absolute Gasteiger partial charge is 0.265 e. The van der Waals surface area contributed by atoms with E-state index in [9.17, 15) is 8.42 Å². The van der Waals surface area contributed by atoms with Crippen LogP contribution in [0, 0.1) is 0 Å². The number of benzene rings is 2. The van der Waals surface area contributed by atoms with Gasteiger partial charge in [-0.1, -0.05) is 35.9 Å². The molecular formula is C16H12ClN5O3S. The molecule has 0 saturated carbocycles. The third kappa shape index (κ3) is 3.14. The molecule has 2 heterocycles. The Labute approximate surface area is 153 Å². The number of aromatic nitrogens is 4. The summed E-state index contributed by atoms with van der Waals surface area (Å²) in [7, 11) is -3.89. The first kappa shape index (κ1) is 16.6. The minimum Gasteiger partial charge on any atom is -0.266 e. The Morgan fingerprint density at radius 3 is 2.77 bits per heavy atom. The van der Waals surface area contributed by atoms with Crippen LogP contribution in [0.25, 0.3) is 11.0 Å². The zero-order valence-electron chi connectivity index (χ0n) is 13.2. The van der Waals surface area contributed by atoms with Crippen LogP contribution in [-0.2, 0) is 16.6 Å². The second kappa shape index (κ2) is 6.43. The molecule has 4 rings (SSSR count). The second-order valence-corrected chi connectivity index (χ2v) is 7.54. The van der Waals surface area contributed by atoms with Crippen LogP contribution in [0.4, 0.5) is 5.82 Å². The van der Waals surface area contributed by atoms with Crippen LogP contribution in [0.2, 0.25) is 5.02 Å². The van der Waals surface area contributed by atoms with Gasteiger partial charge in [-0.15, -0.1) is 0 Å². The molecule has 0 saturated heterocycles. The highest BCUT2D eigenvalue weighted by atomic mass is 35.5. The molecule has 2 aromatic carbocycles. The van der Waals surface area contributed by atoms with E-state index in [1.54, 1.807) is 35.1 Å². The monoisotopic (exact) mass is 389 g/mol. The van der Waals surface area contributed by atoms with Crippen molar-refractivity contribution in [1.82, 2.24) is 20.1 Å². The van der Waals surface area contributed by atoms with Gasteiger partial charge in [0.15, 0.2) is 11.3 Å². The third-order valence-electron chi connectivity index (χ3n) is 3.71.